The van der Waals surface area contributed by atoms with E-state index >= 15 is 0 Å². The average Bonchev–Trinajstić information content (AvgIpc) is 2.99. The first-order valence-electron chi connectivity index (χ1n) is 7.09. The van der Waals surface area contributed by atoms with Gasteiger partial charge in [-0.3, -0.25) is 0 Å². The second-order valence-electron chi connectivity index (χ2n) is 5.24. The van der Waals surface area contributed by atoms with Gasteiger partial charge in [0.1, 0.15) is 0 Å². The van der Waals surface area contributed by atoms with Gasteiger partial charge in [-0.1, -0.05) is 18.2 Å². The Morgan fingerprint density at radius 1 is 1.04 bits per heavy atom. The Balaban J connectivity index is 2.41. The van der Waals surface area contributed by atoms with E-state index in [2.05, 4.69) is 4.74 Å². The maximum Gasteiger partial charge on any atom is 0.490 e. The number of hydrogen-bond acceptors (Lipinski definition) is 3. The van der Waals surface area contributed by atoms with Crippen LogP contribution in [0, 0.1) is 0 Å². The first-order valence-corrected chi connectivity index (χ1v) is 7.09. The minimum atomic E-state index is -5.57. The maximum absolute atomic E-state index is 13.2. The minimum absolute atomic E-state index is 0.0740. The van der Waals surface area contributed by atoms with E-state index < -0.39 is 36.0 Å². The van der Waals surface area contributed by atoms with Gasteiger partial charge in [0, 0.05) is 12.8 Å². The van der Waals surface area contributed by atoms with E-state index in [1.165, 1.54) is 24.3 Å². The summed E-state index contributed by atoms with van der Waals surface area (Å²) < 4.78 is 80.7. The topological polar surface area (TPSA) is 46.4 Å². The predicted molar refractivity (Wildman–Crippen MR) is 72.1 cm³/mol. The first-order chi connectivity index (χ1) is 11.5. The molecular formula is C15H12F6NO3+. The average molecular weight is 368 g/mol. The van der Waals surface area contributed by atoms with E-state index in [-0.39, 0.29) is 24.9 Å². The van der Waals surface area contributed by atoms with Crippen LogP contribution < -0.4 is 0 Å². The van der Waals surface area contributed by atoms with Crippen molar-refractivity contribution in [1.82, 2.24) is 0 Å². The molecule has 0 aliphatic carbocycles. The van der Waals surface area contributed by atoms with Gasteiger partial charge >= 0.3 is 24.2 Å². The van der Waals surface area contributed by atoms with Crippen LogP contribution in [0.25, 0.3) is 0 Å². The van der Waals surface area contributed by atoms with Gasteiger partial charge in [-0.05, 0) is 12.1 Å². The van der Waals surface area contributed by atoms with Gasteiger partial charge < -0.3 is 4.74 Å². The van der Waals surface area contributed by atoms with Crippen molar-refractivity contribution in [3.8, 4) is 0 Å². The molecule has 1 aliphatic rings. The Kier molecular flexibility index (Phi) is 5.19. The lowest BCUT2D eigenvalue weighted by molar-refractivity contribution is -0.425. The molecule has 1 amide bonds. The molecule has 1 aliphatic heterocycles. The van der Waals surface area contributed by atoms with Gasteiger partial charge in [0.15, 0.2) is 6.54 Å². The maximum atomic E-state index is 13.2. The van der Waals surface area contributed by atoms with Crippen molar-refractivity contribution in [2.75, 3.05) is 6.54 Å². The monoisotopic (exact) mass is 368 g/mol. The molecule has 0 aromatic heterocycles. The number of rotatable bonds is 3. The van der Waals surface area contributed by atoms with Crippen molar-refractivity contribution in [3.05, 3.63) is 35.9 Å². The van der Waals surface area contributed by atoms with Gasteiger partial charge in [-0.2, -0.15) is 30.9 Å². The summed E-state index contributed by atoms with van der Waals surface area (Å²) in [5.41, 5.74) is -0.635. The molecular weight excluding hydrogens is 356 g/mol. The van der Waals surface area contributed by atoms with Gasteiger partial charge in [0.25, 0.3) is 6.10 Å². The van der Waals surface area contributed by atoms with Crippen LogP contribution in [0.4, 0.5) is 26.3 Å². The molecule has 10 heteroatoms. The highest BCUT2D eigenvalue weighted by atomic mass is 19.4. The smallest absolute Gasteiger partial charge is 0.435 e. The number of halogens is 6. The highest BCUT2D eigenvalue weighted by molar-refractivity contribution is 5.97. The summed E-state index contributed by atoms with van der Waals surface area (Å²) in [6.07, 6.45) is -14.2. The third kappa shape index (κ3) is 4.37. The number of nitrogens with zero attached hydrogens (tertiary/aromatic N) is 1. The summed E-state index contributed by atoms with van der Waals surface area (Å²) in [7, 11) is 0. The summed E-state index contributed by atoms with van der Waals surface area (Å²) in [6.45, 7) is -0.112. The predicted octanol–water partition coefficient (Wildman–Crippen LogP) is 3.11. The zero-order chi connectivity index (χ0) is 18.8. The molecule has 0 N–H and O–H groups in total. The third-order valence-corrected chi connectivity index (χ3v) is 3.48. The Morgan fingerprint density at radius 2 is 1.64 bits per heavy atom. The molecule has 0 saturated heterocycles. The van der Waals surface area contributed by atoms with E-state index in [1.54, 1.807) is 6.07 Å². The molecule has 0 spiro atoms. The van der Waals surface area contributed by atoms with Crippen molar-refractivity contribution in [1.29, 1.82) is 0 Å². The van der Waals surface area contributed by atoms with Crippen LogP contribution >= 0.6 is 0 Å². The van der Waals surface area contributed by atoms with Gasteiger partial charge in [-0.15, -0.1) is 0 Å². The normalized spacial score (nSPS) is 16.7. The molecule has 1 atom stereocenters. The molecule has 4 nitrogen and oxygen atoms in total. The first kappa shape index (κ1) is 18.9. The van der Waals surface area contributed by atoms with Crippen molar-refractivity contribution < 1.29 is 45.2 Å². The number of amides is 1. The van der Waals surface area contributed by atoms with Crippen molar-refractivity contribution >= 4 is 17.6 Å². The summed E-state index contributed by atoms with van der Waals surface area (Å²) in [5, 5.41) is 0. The lowest BCUT2D eigenvalue weighted by atomic mass is 10.1. The van der Waals surface area contributed by atoms with Crippen LogP contribution in [0.15, 0.2) is 30.3 Å². The zero-order valence-corrected chi connectivity index (χ0v) is 12.5. The molecule has 1 aromatic rings. The number of ether oxygens (including phenoxy) is 1. The number of carbonyl (C=O) groups is 2. The van der Waals surface area contributed by atoms with E-state index in [1.807, 2.05) is 0 Å². The number of carbonyl (C=O) groups excluding carboxylic acids is 2. The van der Waals surface area contributed by atoms with Crippen LogP contribution in [0.1, 0.15) is 23.2 Å². The zero-order valence-electron chi connectivity index (χ0n) is 12.5. The Labute approximate surface area is 137 Å². The summed E-state index contributed by atoms with van der Waals surface area (Å²) in [4.78, 5) is 23.2. The summed E-state index contributed by atoms with van der Waals surface area (Å²) in [6, 6.07) is 7.31. The van der Waals surface area contributed by atoms with Crippen molar-refractivity contribution in [2.24, 2.45) is 0 Å². The van der Waals surface area contributed by atoms with Crippen molar-refractivity contribution in [2.45, 2.75) is 31.3 Å². The number of hydrogen-bond donors (Lipinski definition) is 0. The SMILES string of the molecule is O=C(c1ccccc1)[N+]1=C(C(OC(=O)C(F)(F)F)C(F)(F)F)CCC1. The molecule has 0 bridgehead atoms. The standard InChI is InChI=1S/C15H12F6NO3/c16-14(17,18)11(25-13(24)15(19,20)21)10-7-4-8-22(10)12(23)9-5-2-1-3-6-9/h1-3,5-6,11H,4,7-8H2/q+1. The van der Waals surface area contributed by atoms with Crippen LogP contribution in [0.5, 0.6) is 0 Å². The minimum Gasteiger partial charge on any atom is -0.435 e. The van der Waals surface area contributed by atoms with Gasteiger partial charge in [0.05, 0.1) is 5.56 Å². The quantitative estimate of drug-likeness (QED) is 0.468. The Bertz CT molecular complexity index is 693. The largest absolute Gasteiger partial charge is 0.490 e. The highest BCUT2D eigenvalue weighted by Gasteiger charge is 2.55. The lowest BCUT2D eigenvalue weighted by Gasteiger charge is -2.19. The van der Waals surface area contributed by atoms with Crippen LogP contribution in [0.3, 0.4) is 0 Å². The fourth-order valence-corrected chi connectivity index (χ4v) is 2.44. The molecule has 1 unspecified atom stereocenters. The highest BCUT2D eigenvalue weighted by Crippen LogP contribution is 2.30. The number of esters is 1. The summed E-state index contributed by atoms with van der Waals surface area (Å²) in [5.74, 6) is -3.76. The molecule has 0 radical (unpaired) electrons. The second kappa shape index (κ2) is 6.85. The lowest BCUT2D eigenvalue weighted by Crippen LogP contribution is -2.46. The third-order valence-electron chi connectivity index (χ3n) is 3.48. The van der Waals surface area contributed by atoms with E-state index in [0.29, 0.717) is 0 Å². The van der Waals surface area contributed by atoms with E-state index in [0.717, 1.165) is 4.58 Å². The fraction of sp³-hybridized carbons (Fsp3) is 0.400. The molecule has 2 rings (SSSR count). The molecule has 1 heterocycles. The molecule has 0 saturated carbocycles. The van der Waals surface area contributed by atoms with Gasteiger partial charge in [-0.25, -0.2) is 9.59 Å². The Hall–Kier alpha value is -2.39. The number of benzene rings is 1. The fourth-order valence-electron chi connectivity index (χ4n) is 2.44. The van der Waals surface area contributed by atoms with Crippen LogP contribution in [-0.4, -0.2) is 47.2 Å². The molecule has 1 aromatic carbocycles. The molecule has 25 heavy (non-hydrogen) atoms. The second-order valence-corrected chi connectivity index (χ2v) is 5.24. The summed E-state index contributed by atoms with van der Waals surface area (Å²) >= 11 is 0. The molecule has 136 valence electrons. The van der Waals surface area contributed by atoms with Gasteiger partial charge in [0.2, 0.25) is 5.71 Å². The van der Waals surface area contributed by atoms with E-state index in [9.17, 15) is 35.9 Å². The van der Waals surface area contributed by atoms with Crippen molar-refractivity contribution in [3.63, 3.8) is 0 Å². The number of alkyl halides is 6. The van der Waals surface area contributed by atoms with Crippen LogP contribution in [-0.2, 0) is 9.53 Å². The molecule has 0 fully saturated rings. The Morgan fingerprint density at radius 3 is 2.16 bits per heavy atom. The van der Waals surface area contributed by atoms with Crippen LogP contribution in [0.2, 0.25) is 0 Å². The van der Waals surface area contributed by atoms with E-state index in [4.69, 9.17) is 0 Å².